The molecular formula is C18H21N5O4. The lowest BCUT2D eigenvalue weighted by Crippen LogP contribution is -2.23. The molecule has 3 aromatic heterocycles. The average Bonchev–Trinajstić information content (AvgIpc) is 3.26. The number of ether oxygens (including phenoxy) is 1. The molecule has 0 bridgehead atoms. The molecule has 0 fully saturated rings. The number of carbonyl (C=O) groups excluding carboxylic acids is 1. The molecule has 0 saturated carbocycles. The van der Waals surface area contributed by atoms with Crippen LogP contribution in [0, 0.1) is 13.8 Å². The summed E-state index contributed by atoms with van der Waals surface area (Å²) in [5.74, 6) is 1.90. The van der Waals surface area contributed by atoms with Crippen LogP contribution in [-0.2, 0) is 17.8 Å². The van der Waals surface area contributed by atoms with Gasteiger partial charge < -0.3 is 19.1 Å². The Morgan fingerprint density at radius 3 is 2.74 bits per heavy atom. The second-order valence-electron chi connectivity index (χ2n) is 5.91. The number of amides is 1. The molecule has 3 aromatic rings. The molecule has 27 heavy (non-hydrogen) atoms. The Morgan fingerprint density at radius 2 is 2.07 bits per heavy atom. The first-order valence-electron chi connectivity index (χ1n) is 8.67. The van der Waals surface area contributed by atoms with E-state index in [0.717, 1.165) is 17.0 Å². The van der Waals surface area contributed by atoms with E-state index >= 15 is 0 Å². The molecule has 0 aliphatic heterocycles. The first-order valence-corrected chi connectivity index (χ1v) is 8.67. The molecule has 3 heterocycles. The van der Waals surface area contributed by atoms with Crippen molar-refractivity contribution in [3.8, 4) is 17.3 Å². The first-order chi connectivity index (χ1) is 13.1. The monoisotopic (exact) mass is 371 g/mol. The molecule has 0 atom stereocenters. The number of rotatable bonds is 8. The van der Waals surface area contributed by atoms with Gasteiger partial charge in [-0.1, -0.05) is 10.3 Å². The summed E-state index contributed by atoms with van der Waals surface area (Å²) < 4.78 is 15.6. The molecular weight excluding hydrogens is 350 g/mol. The van der Waals surface area contributed by atoms with Crippen molar-refractivity contribution in [1.29, 1.82) is 0 Å². The molecule has 0 radical (unpaired) electrons. The van der Waals surface area contributed by atoms with Gasteiger partial charge in [-0.15, -0.1) is 0 Å². The summed E-state index contributed by atoms with van der Waals surface area (Å²) >= 11 is 0. The van der Waals surface area contributed by atoms with Gasteiger partial charge in [0.1, 0.15) is 5.76 Å². The van der Waals surface area contributed by atoms with Crippen molar-refractivity contribution in [2.75, 3.05) is 6.61 Å². The van der Waals surface area contributed by atoms with Gasteiger partial charge >= 0.3 is 0 Å². The second kappa shape index (κ2) is 8.43. The first kappa shape index (κ1) is 18.6. The van der Waals surface area contributed by atoms with Gasteiger partial charge in [-0.05, 0) is 33.3 Å². The van der Waals surface area contributed by atoms with Crippen LogP contribution in [0.2, 0.25) is 0 Å². The zero-order valence-corrected chi connectivity index (χ0v) is 15.5. The smallest absolute Gasteiger partial charge is 0.246 e. The topological polar surface area (TPSA) is 116 Å². The minimum Gasteiger partial charge on any atom is -0.478 e. The number of carbonyl (C=O) groups is 1. The molecule has 0 aliphatic rings. The van der Waals surface area contributed by atoms with Crippen molar-refractivity contribution in [1.82, 2.24) is 25.6 Å². The van der Waals surface area contributed by atoms with Crippen molar-refractivity contribution in [3.05, 3.63) is 41.2 Å². The maximum absolute atomic E-state index is 12.0. The van der Waals surface area contributed by atoms with Crippen LogP contribution in [0.15, 0.2) is 27.4 Å². The van der Waals surface area contributed by atoms with E-state index in [4.69, 9.17) is 13.8 Å². The fourth-order valence-corrected chi connectivity index (χ4v) is 2.55. The van der Waals surface area contributed by atoms with Crippen molar-refractivity contribution < 1.29 is 18.6 Å². The molecule has 0 aromatic carbocycles. The molecule has 142 valence electrons. The van der Waals surface area contributed by atoms with Crippen LogP contribution in [0.1, 0.15) is 36.3 Å². The molecule has 0 aliphatic carbocycles. The summed E-state index contributed by atoms with van der Waals surface area (Å²) in [5, 5.41) is 10.6. The Morgan fingerprint density at radius 1 is 1.22 bits per heavy atom. The van der Waals surface area contributed by atoms with Crippen LogP contribution in [0.25, 0.3) is 11.4 Å². The summed E-state index contributed by atoms with van der Waals surface area (Å²) in [7, 11) is 0. The zero-order valence-electron chi connectivity index (χ0n) is 15.5. The summed E-state index contributed by atoms with van der Waals surface area (Å²) in [6.45, 7) is 6.30. The normalized spacial score (nSPS) is 10.8. The van der Waals surface area contributed by atoms with Gasteiger partial charge in [0, 0.05) is 29.8 Å². The van der Waals surface area contributed by atoms with Gasteiger partial charge in [-0.2, -0.15) is 4.98 Å². The summed E-state index contributed by atoms with van der Waals surface area (Å²) in [5.41, 5.74) is 2.48. The van der Waals surface area contributed by atoms with Crippen LogP contribution in [0.4, 0.5) is 0 Å². The largest absolute Gasteiger partial charge is 0.478 e. The van der Waals surface area contributed by atoms with E-state index in [0.29, 0.717) is 42.6 Å². The molecule has 0 spiro atoms. The highest BCUT2D eigenvalue weighted by Crippen LogP contribution is 2.17. The average molecular weight is 371 g/mol. The van der Waals surface area contributed by atoms with E-state index in [1.54, 1.807) is 18.3 Å². The Hall–Kier alpha value is -3.23. The van der Waals surface area contributed by atoms with Gasteiger partial charge in [0.15, 0.2) is 0 Å². The fraction of sp³-hybridized carbons (Fsp3) is 0.389. The number of nitrogens with zero attached hydrogens (tertiary/aromatic N) is 4. The maximum Gasteiger partial charge on any atom is 0.246 e. The zero-order chi connectivity index (χ0) is 19.2. The van der Waals surface area contributed by atoms with Crippen LogP contribution < -0.4 is 10.1 Å². The number of nitrogens with one attached hydrogen (secondary N) is 1. The third-order valence-corrected chi connectivity index (χ3v) is 3.97. The van der Waals surface area contributed by atoms with Gasteiger partial charge in [-0.3, -0.25) is 4.79 Å². The number of hydrogen-bond acceptors (Lipinski definition) is 8. The molecule has 1 N–H and O–H groups in total. The lowest BCUT2D eigenvalue weighted by atomic mass is 10.1. The highest BCUT2D eigenvalue weighted by Gasteiger charge is 2.13. The Balaban J connectivity index is 1.51. The predicted molar refractivity (Wildman–Crippen MR) is 94.8 cm³/mol. The number of hydrogen-bond donors (Lipinski definition) is 1. The highest BCUT2D eigenvalue weighted by atomic mass is 16.5. The SMILES string of the molecule is CCOc1ccc(-c2noc(CNC(=O)CCc3c(C)noc3C)n2)cn1. The molecule has 9 nitrogen and oxygen atoms in total. The number of aromatic nitrogens is 4. The van der Waals surface area contributed by atoms with Crippen molar-refractivity contribution >= 4 is 5.91 Å². The van der Waals surface area contributed by atoms with Gasteiger partial charge in [0.2, 0.25) is 23.5 Å². The lowest BCUT2D eigenvalue weighted by Gasteiger charge is -2.02. The predicted octanol–water partition coefficient (Wildman–Crippen LogP) is 2.38. The summed E-state index contributed by atoms with van der Waals surface area (Å²) in [6, 6.07) is 3.54. The highest BCUT2D eigenvalue weighted by molar-refractivity contribution is 5.76. The van der Waals surface area contributed by atoms with Gasteiger partial charge in [-0.25, -0.2) is 4.98 Å². The second-order valence-corrected chi connectivity index (χ2v) is 5.91. The molecule has 3 rings (SSSR count). The molecule has 9 heteroatoms. The van der Waals surface area contributed by atoms with Crippen LogP contribution >= 0.6 is 0 Å². The number of pyridine rings is 1. The third kappa shape index (κ3) is 4.69. The Bertz CT molecular complexity index is 881. The minimum absolute atomic E-state index is 0.113. The van der Waals surface area contributed by atoms with Gasteiger partial charge in [0.05, 0.1) is 18.8 Å². The van der Waals surface area contributed by atoms with Crippen molar-refractivity contribution in [2.24, 2.45) is 0 Å². The van der Waals surface area contributed by atoms with Crippen molar-refractivity contribution in [3.63, 3.8) is 0 Å². The third-order valence-electron chi connectivity index (χ3n) is 3.97. The fourth-order valence-electron chi connectivity index (χ4n) is 2.55. The molecule has 0 saturated heterocycles. The van der Waals surface area contributed by atoms with E-state index < -0.39 is 0 Å². The van der Waals surface area contributed by atoms with E-state index in [1.165, 1.54) is 0 Å². The van der Waals surface area contributed by atoms with Gasteiger partial charge in [0.25, 0.3) is 0 Å². The van der Waals surface area contributed by atoms with Crippen LogP contribution in [0.3, 0.4) is 0 Å². The minimum atomic E-state index is -0.113. The summed E-state index contributed by atoms with van der Waals surface area (Å²) in [6.07, 6.45) is 2.51. The van der Waals surface area contributed by atoms with E-state index in [-0.39, 0.29) is 12.5 Å². The summed E-state index contributed by atoms with van der Waals surface area (Å²) in [4.78, 5) is 20.5. The maximum atomic E-state index is 12.0. The van der Waals surface area contributed by atoms with Crippen molar-refractivity contribution in [2.45, 2.75) is 40.2 Å². The standard InChI is InChI=1S/C18H21N5O4/c1-4-25-16-8-5-13(9-20-16)18-21-17(27-23-18)10-19-15(24)7-6-14-11(2)22-26-12(14)3/h5,8-9H,4,6-7,10H2,1-3H3,(H,19,24). The van der Waals surface area contributed by atoms with E-state index in [1.807, 2.05) is 20.8 Å². The van der Waals surface area contributed by atoms with E-state index in [2.05, 4.69) is 25.6 Å². The quantitative estimate of drug-likeness (QED) is 0.641. The number of aryl methyl sites for hydroxylation is 2. The molecule has 0 unspecified atom stereocenters. The van der Waals surface area contributed by atoms with Crippen LogP contribution in [-0.4, -0.2) is 32.8 Å². The van der Waals surface area contributed by atoms with E-state index in [9.17, 15) is 4.79 Å². The van der Waals surface area contributed by atoms with Crippen LogP contribution in [0.5, 0.6) is 5.88 Å². The lowest BCUT2D eigenvalue weighted by molar-refractivity contribution is -0.121. The molecule has 1 amide bonds. The Labute approximate surface area is 156 Å². The Kier molecular flexibility index (Phi) is 5.80.